The number of likely N-dealkylation sites (N-methyl/N-ethyl adjacent to an activating group) is 1. The van der Waals surface area contributed by atoms with Crippen molar-refractivity contribution in [2.45, 2.75) is 193 Å². The predicted molar refractivity (Wildman–Crippen MR) is 231 cm³/mol. The van der Waals surface area contributed by atoms with Crippen molar-refractivity contribution >= 4 is 13.8 Å². The molecule has 322 valence electrons. The van der Waals surface area contributed by atoms with E-state index in [-0.39, 0.29) is 19.2 Å². The van der Waals surface area contributed by atoms with Crippen LogP contribution in [0.15, 0.2) is 48.6 Å². The second-order valence-corrected chi connectivity index (χ2v) is 17.7. The van der Waals surface area contributed by atoms with Gasteiger partial charge in [-0.25, -0.2) is 0 Å². The highest BCUT2D eigenvalue weighted by Crippen LogP contribution is 2.38. The zero-order chi connectivity index (χ0) is 40.6. The molecule has 55 heavy (non-hydrogen) atoms. The van der Waals surface area contributed by atoms with Crippen LogP contribution in [0.25, 0.3) is 0 Å². The van der Waals surface area contributed by atoms with Crippen LogP contribution < -0.4 is 4.89 Å². The number of carbonyl (C=O) groups is 1. The van der Waals surface area contributed by atoms with Crippen LogP contribution in [0.3, 0.4) is 0 Å². The van der Waals surface area contributed by atoms with Crippen molar-refractivity contribution in [2.75, 3.05) is 47.5 Å². The van der Waals surface area contributed by atoms with Crippen molar-refractivity contribution in [3.8, 4) is 0 Å². The Kier molecular flexibility index (Phi) is 38.2. The zero-order valence-corrected chi connectivity index (χ0v) is 37.0. The minimum absolute atomic E-state index is 0.00753. The molecule has 0 aliphatic rings. The molecule has 0 saturated carbocycles. The number of phosphoric acid groups is 1. The van der Waals surface area contributed by atoms with Gasteiger partial charge < -0.3 is 28.3 Å². The lowest BCUT2D eigenvalue weighted by molar-refractivity contribution is -0.870. The fraction of sp³-hybridized carbons (Fsp3) is 0.804. The molecule has 0 amide bonds. The Labute approximate surface area is 339 Å². The number of rotatable bonds is 41. The van der Waals surface area contributed by atoms with Gasteiger partial charge in [-0.05, 0) is 44.9 Å². The summed E-state index contributed by atoms with van der Waals surface area (Å²) in [7, 11) is 1.26. The molecule has 0 aromatic carbocycles. The molecule has 0 radical (unpaired) electrons. The smallest absolute Gasteiger partial charge is 0.305 e. The normalized spacial score (nSPS) is 14.2. The summed E-state index contributed by atoms with van der Waals surface area (Å²) in [6, 6.07) is 0. The highest BCUT2D eigenvalue weighted by Gasteiger charge is 2.16. The minimum Gasteiger partial charge on any atom is -0.756 e. The molecule has 0 heterocycles. The molecule has 0 aliphatic carbocycles. The molecule has 0 spiro atoms. The van der Waals surface area contributed by atoms with Gasteiger partial charge in [0.05, 0.1) is 27.7 Å². The van der Waals surface area contributed by atoms with E-state index >= 15 is 0 Å². The third-order valence-corrected chi connectivity index (χ3v) is 10.6. The highest BCUT2D eigenvalue weighted by molar-refractivity contribution is 7.45. The van der Waals surface area contributed by atoms with E-state index in [1.165, 1.54) is 128 Å². The van der Waals surface area contributed by atoms with Gasteiger partial charge in [0.1, 0.15) is 25.9 Å². The molecule has 1 N–H and O–H groups in total. The molecule has 8 nitrogen and oxygen atoms in total. The maximum absolute atomic E-state index is 11.9. The van der Waals surface area contributed by atoms with Gasteiger partial charge in [-0.3, -0.25) is 9.36 Å². The van der Waals surface area contributed by atoms with Gasteiger partial charge in [0.25, 0.3) is 7.82 Å². The molecule has 0 aromatic rings. The van der Waals surface area contributed by atoms with Crippen molar-refractivity contribution in [1.82, 2.24) is 0 Å². The van der Waals surface area contributed by atoms with Gasteiger partial charge in [-0.15, -0.1) is 0 Å². The summed E-state index contributed by atoms with van der Waals surface area (Å²) in [6.07, 6.45) is 51.6. The first-order chi connectivity index (χ1) is 26.6. The number of carbonyl (C=O) groups excluding carboxylic acids is 1. The molecule has 2 atom stereocenters. The number of esters is 1. The van der Waals surface area contributed by atoms with Crippen LogP contribution in [-0.2, 0) is 23.1 Å². The Balaban J connectivity index is 3.35. The maximum Gasteiger partial charge on any atom is 0.305 e. The Bertz CT molecular complexity index is 1020. The number of aliphatic hydroxyl groups is 1. The van der Waals surface area contributed by atoms with E-state index < -0.39 is 20.5 Å². The molecule has 0 aromatic heterocycles. The van der Waals surface area contributed by atoms with Gasteiger partial charge in [-0.1, -0.05) is 184 Å². The molecule has 0 aliphatic heterocycles. The summed E-state index contributed by atoms with van der Waals surface area (Å²) >= 11 is 0. The Hall–Kier alpha value is -1.54. The molecule has 2 unspecified atom stereocenters. The van der Waals surface area contributed by atoms with E-state index in [2.05, 4.69) is 55.5 Å². The molecule has 0 rings (SSSR count). The third kappa shape index (κ3) is 45.0. The van der Waals surface area contributed by atoms with Gasteiger partial charge in [0, 0.05) is 6.42 Å². The second-order valence-electron chi connectivity index (χ2n) is 16.2. The quantitative estimate of drug-likeness (QED) is 0.0216. The SMILES string of the molecule is CC/C=C\C/C=C\C/C=C\C/C=C\CCCCCCCCCCCCCCCCCCCCCCCCC(=O)OCC(O)COP(=O)([O-])OCC[N+](C)(C)C. The predicted octanol–water partition coefficient (Wildman–Crippen LogP) is 12.3. The average Bonchev–Trinajstić information content (AvgIpc) is 3.14. The first-order valence-electron chi connectivity index (χ1n) is 22.4. The van der Waals surface area contributed by atoms with Crippen LogP contribution in [0, 0.1) is 0 Å². The molecule has 0 saturated heterocycles. The first-order valence-corrected chi connectivity index (χ1v) is 23.9. The molecule has 9 heteroatoms. The van der Waals surface area contributed by atoms with E-state index in [1.807, 2.05) is 21.1 Å². The van der Waals surface area contributed by atoms with Crippen molar-refractivity contribution in [3.63, 3.8) is 0 Å². The van der Waals surface area contributed by atoms with Gasteiger partial charge in [-0.2, -0.15) is 0 Å². The van der Waals surface area contributed by atoms with Crippen molar-refractivity contribution in [1.29, 1.82) is 0 Å². The number of ether oxygens (including phenoxy) is 1. The Morgan fingerprint density at radius 3 is 1.38 bits per heavy atom. The lowest BCUT2D eigenvalue weighted by atomic mass is 10.0. The van der Waals surface area contributed by atoms with E-state index in [4.69, 9.17) is 13.8 Å². The topological polar surface area (TPSA) is 105 Å². The van der Waals surface area contributed by atoms with Crippen molar-refractivity contribution in [3.05, 3.63) is 48.6 Å². The summed E-state index contributed by atoms with van der Waals surface area (Å²) < 4.78 is 26.9. The minimum atomic E-state index is -4.50. The van der Waals surface area contributed by atoms with Gasteiger partial charge >= 0.3 is 5.97 Å². The van der Waals surface area contributed by atoms with Crippen LogP contribution >= 0.6 is 7.82 Å². The van der Waals surface area contributed by atoms with Crippen molar-refractivity contribution < 1.29 is 37.6 Å². The number of unbranched alkanes of at least 4 members (excludes halogenated alkanes) is 22. The van der Waals surface area contributed by atoms with Crippen LogP contribution in [0.5, 0.6) is 0 Å². The Morgan fingerprint density at radius 1 is 0.582 bits per heavy atom. The summed E-state index contributed by atoms with van der Waals surface area (Å²) in [5.41, 5.74) is 0. The van der Waals surface area contributed by atoms with Gasteiger partial charge in [0.15, 0.2) is 0 Å². The second kappa shape index (κ2) is 39.3. The molecule has 0 fully saturated rings. The van der Waals surface area contributed by atoms with Gasteiger partial charge in [0.2, 0.25) is 0 Å². The van der Waals surface area contributed by atoms with E-state index in [1.54, 1.807) is 0 Å². The monoisotopic (exact) mass is 796 g/mol. The number of allylic oxidation sites excluding steroid dienone is 8. The summed E-state index contributed by atoms with van der Waals surface area (Å²) in [6.45, 7) is 1.85. The molecular formula is C46H86NO7P. The van der Waals surface area contributed by atoms with E-state index in [0.29, 0.717) is 17.4 Å². The van der Waals surface area contributed by atoms with E-state index in [9.17, 15) is 19.4 Å². The number of hydrogen-bond donors (Lipinski definition) is 1. The zero-order valence-electron chi connectivity index (χ0n) is 36.1. The largest absolute Gasteiger partial charge is 0.756 e. The number of nitrogens with zero attached hydrogens (tertiary/aromatic N) is 1. The number of quaternary nitrogens is 1. The number of phosphoric ester groups is 1. The number of hydrogen-bond acceptors (Lipinski definition) is 7. The first kappa shape index (κ1) is 53.5. The fourth-order valence-electron chi connectivity index (χ4n) is 6.12. The fourth-order valence-corrected chi connectivity index (χ4v) is 6.85. The average molecular weight is 796 g/mol. The van der Waals surface area contributed by atoms with Crippen LogP contribution in [0.4, 0.5) is 0 Å². The van der Waals surface area contributed by atoms with Crippen LogP contribution in [0.1, 0.15) is 187 Å². The third-order valence-electron chi connectivity index (χ3n) is 9.59. The van der Waals surface area contributed by atoms with Crippen LogP contribution in [0.2, 0.25) is 0 Å². The molecular weight excluding hydrogens is 709 g/mol. The lowest BCUT2D eigenvalue weighted by Gasteiger charge is -2.27. The van der Waals surface area contributed by atoms with Crippen molar-refractivity contribution in [2.24, 2.45) is 0 Å². The summed E-state index contributed by atoms with van der Waals surface area (Å²) in [5.74, 6) is -0.384. The highest BCUT2D eigenvalue weighted by atomic mass is 31.2. The number of aliphatic hydroxyl groups excluding tert-OH is 1. The van der Waals surface area contributed by atoms with Crippen LogP contribution in [-0.4, -0.2) is 69.2 Å². The molecule has 0 bridgehead atoms. The maximum atomic E-state index is 11.9. The summed E-state index contributed by atoms with van der Waals surface area (Å²) in [4.78, 5) is 23.7. The lowest BCUT2D eigenvalue weighted by Crippen LogP contribution is -2.37. The summed E-state index contributed by atoms with van der Waals surface area (Å²) in [5, 5.41) is 9.89. The van der Waals surface area contributed by atoms with E-state index in [0.717, 1.165) is 44.9 Å². The standard InChI is InChI=1S/C46H86NO7P/c1-5-6-7-8-9-10-11-12-13-14-15-16-17-18-19-20-21-22-23-24-25-26-27-28-29-30-31-32-33-34-35-36-37-38-39-40-46(49)52-43-45(48)44-54-55(50,51)53-42-41-47(2,3)4/h6-7,9-10,12-13,15-16,45,48H,5,8,11,14,17-44H2,1-4H3/b7-6-,10-9-,13-12-,16-15-. The Morgan fingerprint density at radius 2 is 0.964 bits per heavy atom.